The molecule has 0 spiro atoms. The van der Waals surface area contributed by atoms with Crippen LogP contribution in [0.4, 0.5) is 20.2 Å². The molecule has 0 unspecified atom stereocenters. The number of nitrogens with zero attached hydrogens (tertiary/aromatic N) is 2. The molecule has 11 heteroatoms. The molecule has 7 N–H and O–H groups in total. The molecule has 3 aromatic carbocycles. The Kier molecular flexibility index (Phi) is 7.10. The second kappa shape index (κ2) is 10.7. The standard InChI is InChI=1S/C30H27F2N7O2/c1-2-26(41)39-12-19(13-39)37-25(40)15-38-14-21(28-23(32)7-4-18(11-34)30(28)36)20-9-16(5-8-24(20)38)27-22(31)6-3-17(10-33)29(27)35/h2-11,14,19,33-34H,1,12-13,15,35-36H2,(H,37,40). The van der Waals surface area contributed by atoms with Crippen molar-refractivity contribution in [3.05, 3.63) is 84.1 Å². The van der Waals surface area contributed by atoms with Gasteiger partial charge in [-0.15, -0.1) is 0 Å². The van der Waals surface area contributed by atoms with Gasteiger partial charge in [-0.05, 0) is 48.0 Å². The molecule has 0 atom stereocenters. The van der Waals surface area contributed by atoms with Gasteiger partial charge in [0.15, 0.2) is 0 Å². The second-order valence-corrected chi connectivity index (χ2v) is 9.75. The summed E-state index contributed by atoms with van der Waals surface area (Å²) in [6.07, 6.45) is 4.87. The minimum atomic E-state index is -0.625. The highest BCUT2D eigenvalue weighted by molar-refractivity contribution is 6.05. The number of halogens is 2. The van der Waals surface area contributed by atoms with Crippen molar-refractivity contribution in [2.24, 2.45) is 0 Å². The van der Waals surface area contributed by atoms with Gasteiger partial charge in [-0.25, -0.2) is 8.78 Å². The third-order valence-corrected chi connectivity index (χ3v) is 7.25. The molecule has 1 aliphatic rings. The van der Waals surface area contributed by atoms with Crippen LogP contribution >= 0.6 is 0 Å². The first kappa shape index (κ1) is 27.3. The third-order valence-electron chi connectivity index (χ3n) is 7.25. The summed E-state index contributed by atoms with van der Waals surface area (Å²) in [5.74, 6) is -1.74. The summed E-state index contributed by atoms with van der Waals surface area (Å²) >= 11 is 0. The summed E-state index contributed by atoms with van der Waals surface area (Å²) in [5.41, 5.74) is 14.7. The van der Waals surface area contributed by atoms with Crippen LogP contribution in [0.1, 0.15) is 11.1 Å². The molecule has 0 saturated carbocycles. The Morgan fingerprint density at radius 3 is 2.20 bits per heavy atom. The van der Waals surface area contributed by atoms with Crippen LogP contribution in [0.3, 0.4) is 0 Å². The van der Waals surface area contributed by atoms with E-state index in [2.05, 4.69) is 11.9 Å². The number of anilines is 2. The molecule has 1 saturated heterocycles. The van der Waals surface area contributed by atoms with Gasteiger partial charge in [0.05, 0.1) is 17.4 Å². The lowest BCUT2D eigenvalue weighted by molar-refractivity contribution is -0.133. The number of carbonyl (C=O) groups excluding carboxylic acids is 2. The molecule has 2 amide bonds. The van der Waals surface area contributed by atoms with E-state index in [1.807, 2.05) is 0 Å². The second-order valence-electron chi connectivity index (χ2n) is 9.75. The first-order valence-corrected chi connectivity index (χ1v) is 12.7. The largest absolute Gasteiger partial charge is 0.398 e. The molecule has 2 heterocycles. The summed E-state index contributed by atoms with van der Waals surface area (Å²) in [6.45, 7) is 4.09. The van der Waals surface area contributed by atoms with Crippen molar-refractivity contribution >= 4 is 46.5 Å². The number of benzene rings is 3. The first-order chi connectivity index (χ1) is 19.7. The van der Waals surface area contributed by atoms with Gasteiger partial charge in [-0.2, -0.15) is 0 Å². The molecule has 4 aromatic rings. The van der Waals surface area contributed by atoms with Crippen molar-refractivity contribution in [1.29, 1.82) is 10.8 Å². The minimum absolute atomic E-state index is 0.0477. The topological polar surface area (TPSA) is 154 Å². The minimum Gasteiger partial charge on any atom is -0.398 e. The van der Waals surface area contributed by atoms with E-state index in [1.54, 1.807) is 33.9 Å². The normalized spacial score (nSPS) is 13.1. The van der Waals surface area contributed by atoms with Crippen LogP contribution in [-0.4, -0.2) is 52.8 Å². The van der Waals surface area contributed by atoms with Crippen molar-refractivity contribution in [3.63, 3.8) is 0 Å². The molecule has 5 rings (SSSR count). The number of nitrogens with two attached hydrogens (primary N) is 2. The fourth-order valence-corrected chi connectivity index (χ4v) is 5.13. The first-order valence-electron chi connectivity index (χ1n) is 12.7. The Morgan fingerprint density at radius 2 is 1.59 bits per heavy atom. The van der Waals surface area contributed by atoms with E-state index in [4.69, 9.17) is 22.3 Å². The van der Waals surface area contributed by atoms with Gasteiger partial charge < -0.3 is 37.1 Å². The van der Waals surface area contributed by atoms with E-state index in [0.29, 0.717) is 46.2 Å². The average molecular weight is 556 g/mol. The smallest absolute Gasteiger partial charge is 0.246 e. The highest BCUT2D eigenvalue weighted by Crippen LogP contribution is 2.40. The lowest BCUT2D eigenvalue weighted by atomic mass is 9.95. The Hall–Kier alpha value is -5.32. The van der Waals surface area contributed by atoms with Gasteiger partial charge in [0.2, 0.25) is 11.8 Å². The number of nitrogens with one attached hydrogen (secondary N) is 3. The fourth-order valence-electron chi connectivity index (χ4n) is 5.13. The van der Waals surface area contributed by atoms with Gasteiger partial charge in [-0.1, -0.05) is 12.6 Å². The zero-order valence-electron chi connectivity index (χ0n) is 21.9. The average Bonchev–Trinajstić information content (AvgIpc) is 3.27. The fraction of sp³-hybridized carbons (Fsp3) is 0.133. The molecule has 0 radical (unpaired) electrons. The molecular weight excluding hydrogens is 528 g/mol. The van der Waals surface area contributed by atoms with Crippen molar-refractivity contribution in [2.75, 3.05) is 24.6 Å². The number of rotatable bonds is 8. The van der Waals surface area contributed by atoms with Crippen molar-refractivity contribution in [3.8, 4) is 22.3 Å². The SMILES string of the molecule is C=CC(=O)N1CC(NC(=O)Cn2cc(-c3c(F)ccc(C=N)c3N)c3cc(-c4c(F)ccc(C=N)c4N)ccc32)C1. The van der Waals surface area contributed by atoms with Crippen LogP contribution in [0, 0.1) is 22.5 Å². The van der Waals surface area contributed by atoms with Crippen molar-refractivity contribution in [1.82, 2.24) is 14.8 Å². The Balaban J connectivity index is 1.60. The Bertz CT molecular complexity index is 1760. The number of fused-ring (bicyclic) bond motifs is 1. The summed E-state index contributed by atoms with van der Waals surface area (Å²) in [5, 5.41) is 18.6. The number of hydrogen-bond donors (Lipinski definition) is 5. The quantitative estimate of drug-likeness (QED) is 0.127. The summed E-state index contributed by atoms with van der Waals surface area (Å²) in [6, 6.07) is 10.0. The van der Waals surface area contributed by atoms with Crippen LogP contribution < -0.4 is 16.8 Å². The number of likely N-dealkylation sites (tertiary alicyclic amines) is 1. The number of aromatic nitrogens is 1. The van der Waals surface area contributed by atoms with E-state index < -0.39 is 11.6 Å². The van der Waals surface area contributed by atoms with Crippen LogP contribution in [0.2, 0.25) is 0 Å². The predicted octanol–water partition coefficient (Wildman–Crippen LogP) is 3.93. The molecule has 9 nitrogen and oxygen atoms in total. The van der Waals surface area contributed by atoms with Crippen molar-refractivity contribution in [2.45, 2.75) is 12.6 Å². The van der Waals surface area contributed by atoms with Gasteiger partial charge in [-0.3, -0.25) is 9.59 Å². The molecule has 208 valence electrons. The summed E-state index contributed by atoms with van der Waals surface area (Å²) in [4.78, 5) is 26.2. The zero-order valence-corrected chi connectivity index (χ0v) is 21.9. The van der Waals surface area contributed by atoms with Crippen LogP contribution in [0.15, 0.2) is 61.3 Å². The lowest BCUT2D eigenvalue weighted by Crippen LogP contribution is -2.61. The molecule has 1 aliphatic heterocycles. The maximum atomic E-state index is 15.3. The van der Waals surface area contributed by atoms with Gasteiger partial charge in [0, 0.05) is 70.4 Å². The van der Waals surface area contributed by atoms with E-state index >= 15 is 4.39 Å². The number of hydrogen-bond acceptors (Lipinski definition) is 6. The molecule has 41 heavy (non-hydrogen) atoms. The van der Waals surface area contributed by atoms with Gasteiger partial charge >= 0.3 is 0 Å². The van der Waals surface area contributed by atoms with E-state index in [-0.39, 0.29) is 46.9 Å². The van der Waals surface area contributed by atoms with Crippen LogP contribution in [0.5, 0.6) is 0 Å². The predicted molar refractivity (Wildman–Crippen MR) is 156 cm³/mol. The van der Waals surface area contributed by atoms with E-state index in [1.165, 1.54) is 30.3 Å². The maximum absolute atomic E-state index is 15.3. The molecule has 1 aromatic heterocycles. The Labute approximate surface area is 234 Å². The summed E-state index contributed by atoms with van der Waals surface area (Å²) in [7, 11) is 0. The zero-order chi connectivity index (χ0) is 29.4. The number of amides is 2. The lowest BCUT2D eigenvalue weighted by Gasteiger charge is -2.38. The van der Waals surface area contributed by atoms with Crippen LogP contribution in [-0.2, 0) is 16.1 Å². The van der Waals surface area contributed by atoms with Crippen molar-refractivity contribution < 1.29 is 18.4 Å². The number of nitrogen functional groups attached to an aromatic ring is 2. The highest BCUT2D eigenvalue weighted by Gasteiger charge is 2.30. The van der Waals surface area contributed by atoms with Gasteiger partial charge in [0.25, 0.3) is 0 Å². The number of carbonyl (C=O) groups is 2. The van der Waals surface area contributed by atoms with E-state index in [9.17, 15) is 14.0 Å². The molecular formula is C30H27F2N7O2. The molecule has 1 fully saturated rings. The molecule has 0 aliphatic carbocycles. The van der Waals surface area contributed by atoms with E-state index in [0.717, 1.165) is 12.4 Å². The third kappa shape index (κ3) is 4.82. The molecule has 0 bridgehead atoms. The monoisotopic (exact) mass is 555 g/mol. The van der Waals surface area contributed by atoms with Crippen LogP contribution in [0.25, 0.3) is 33.2 Å². The Morgan fingerprint density at radius 1 is 0.976 bits per heavy atom. The maximum Gasteiger partial charge on any atom is 0.246 e. The van der Waals surface area contributed by atoms with Gasteiger partial charge in [0.1, 0.15) is 18.2 Å². The highest BCUT2D eigenvalue weighted by atomic mass is 19.1. The summed E-state index contributed by atoms with van der Waals surface area (Å²) < 4.78 is 31.9.